The molecule has 0 fully saturated rings. The van der Waals surface area contributed by atoms with Gasteiger partial charge in [-0.25, -0.2) is 4.79 Å². The molecule has 1 unspecified atom stereocenters. The zero-order valence-corrected chi connectivity index (χ0v) is 9.46. The molecule has 6 nitrogen and oxygen atoms in total. The van der Waals surface area contributed by atoms with Crippen molar-refractivity contribution in [2.45, 2.75) is 6.10 Å². The van der Waals surface area contributed by atoms with E-state index in [1.54, 1.807) is 0 Å². The van der Waals surface area contributed by atoms with Gasteiger partial charge < -0.3 is 9.84 Å². The second kappa shape index (κ2) is 6.17. The lowest BCUT2D eigenvalue weighted by atomic mass is 10.2. The number of aliphatic hydroxyl groups is 1. The van der Waals surface area contributed by atoms with Crippen LogP contribution in [0.5, 0.6) is 0 Å². The number of esters is 1. The quantitative estimate of drug-likeness (QED) is 0.373. The zero-order valence-electron chi connectivity index (χ0n) is 8.71. The second-order valence-electron chi connectivity index (χ2n) is 3.17. The molecule has 0 heterocycles. The Bertz CT molecular complexity index is 402. The molecule has 0 spiro atoms. The van der Waals surface area contributed by atoms with E-state index < -0.39 is 17.0 Å². The molecule has 0 radical (unpaired) electrons. The van der Waals surface area contributed by atoms with E-state index in [1.807, 2.05) is 0 Å². The van der Waals surface area contributed by atoms with Crippen LogP contribution in [-0.4, -0.2) is 34.6 Å². The van der Waals surface area contributed by atoms with Crippen molar-refractivity contribution in [1.82, 2.24) is 0 Å². The molecule has 1 rings (SSSR count). The molecule has 0 amide bonds. The Morgan fingerprint density at radius 3 is 2.47 bits per heavy atom. The van der Waals surface area contributed by atoms with Crippen LogP contribution in [0.3, 0.4) is 0 Å². The van der Waals surface area contributed by atoms with E-state index in [-0.39, 0.29) is 23.7 Å². The normalized spacial score (nSPS) is 11.9. The Hall–Kier alpha value is -1.66. The standard InChI is InChI=1S/C10H10ClNO5/c11-5-9(6-13)17-10(14)7-1-3-8(4-2-7)12(15)16/h1-4,9,13H,5-6H2. The predicted octanol–water partition coefficient (Wildman–Crippen LogP) is 1.35. The van der Waals surface area contributed by atoms with E-state index in [4.69, 9.17) is 21.4 Å². The molecule has 0 saturated carbocycles. The van der Waals surface area contributed by atoms with Gasteiger partial charge in [0.15, 0.2) is 0 Å². The lowest BCUT2D eigenvalue weighted by molar-refractivity contribution is -0.384. The molecule has 0 bridgehead atoms. The SMILES string of the molecule is O=C(OC(CO)CCl)c1ccc([N+](=O)[O-])cc1. The highest BCUT2D eigenvalue weighted by Gasteiger charge is 2.15. The van der Waals surface area contributed by atoms with Gasteiger partial charge in [0.05, 0.1) is 23.0 Å². The Morgan fingerprint density at radius 1 is 1.47 bits per heavy atom. The Morgan fingerprint density at radius 2 is 2.06 bits per heavy atom. The third kappa shape index (κ3) is 3.69. The highest BCUT2D eigenvalue weighted by molar-refractivity contribution is 6.18. The van der Waals surface area contributed by atoms with Crippen molar-refractivity contribution in [3.8, 4) is 0 Å². The monoisotopic (exact) mass is 259 g/mol. The van der Waals surface area contributed by atoms with Gasteiger partial charge in [-0.05, 0) is 12.1 Å². The van der Waals surface area contributed by atoms with Crippen LogP contribution in [0.25, 0.3) is 0 Å². The third-order valence-electron chi connectivity index (χ3n) is 1.96. The number of nitro groups is 1. The number of carbonyl (C=O) groups excluding carboxylic acids is 1. The van der Waals surface area contributed by atoms with Gasteiger partial charge in [-0.15, -0.1) is 11.6 Å². The second-order valence-corrected chi connectivity index (χ2v) is 3.48. The summed E-state index contributed by atoms with van der Waals surface area (Å²) in [4.78, 5) is 21.3. The summed E-state index contributed by atoms with van der Waals surface area (Å²) in [7, 11) is 0. The number of rotatable bonds is 5. The zero-order chi connectivity index (χ0) is 12.8. The number of alkyl halides is 1. The maximum Gasteiger partial charge on any atom is 0.338 e. The fourth-order valence-corrected chi connectivity index (χ4v) is 1.22. The largest absolute Gasteiger partial charge is 0.455 e. The minimum atomic E-state index is -0.778. The maximum atomic E-state index is 11.5. The van der Waals surface area contributed by atoms with Crippen molar-refractivity contribution >= 4 is 23.3 Å². The molecule has 0 aliphatic rings. The molecule has 1 aromatic carbocycles. The molecule has 7 heteroatoms. The summed E-state index contributed by atoms with van der Waals surface area (Å²) in [6.07, 6.45) is -0.778. The van der Waals surface area contributed by atoms with Crippen LogP contribution >= 0.6 is 11.6 Å². The number of hydrogen-bond acceptors (Lipinski definition) is 5. The minimum Gasteiger partial charge on any atom is -0.455 e. The van der Waals surface area contributed by atoms with Crippen molar-refractivity contribution in [3.63, 3.8) is 0 Å². The van der Waals surface area contributed by atoms with Crippen LogP contribution in [-0.2, 0) is 4.74 Å². The number of halogens is 1. The number of nitro benzene ring substituents is 1. The first kappa shape index (κ1) is 13.4. The van der Waals surface area contributed by atoms with E-state index in [0.29, 0.717) is 0 Å². The van der Waals surface area contributed by atoms with Crippen LogP contribution in [0.4, 0.5) is 5.69 Å². The summed E-state index contributed by atoms with van der Waals surface area (Å²) in [5, 5.41) is 19.2. The highest BCUT2D eigenvalue weighted by atomic mass is 35.5. The first-order valence-corrected chi connectivity index (χ1v) is 5.24. The lowest BCUT2D eigenvalue weighted by Gasteiger charge is -2.11. The molecular formula is C10H10ClNO5. The van der Waals surface area contributed by atoms with Crippen LogP contribution in [0, 0.1) is 10.1 Å². The molecule has 0 aliphatic carbocycles. The van der Waals surface area contributed by atoms with Gasteiger partial charge in [-0.3, -0.25) is 10.1 Å². The van der Waals surface area contributed by atoms with Crippen molar-refractivity contribution in [2.75, 3.05) is 12.5 Å². The van der Waals surface area contributed by atoms with E-state index in [0.717, 1.165) is 0 Å². The fourth-order valence-electron chi connectivity index (χ4n) is 1.06. The van der Waals surface area contributed by atoms with Gasteiger partial charge in [0.1, 0.15) is 6.10 Å². The smallest absolute Gasteiger partial charge is 0.338 e. The predicted molar refractivity (Wildman–Crippen MR) is 60.1 cm³/mol. The molecule has 0 saturated heterocycles. The van der Waals surface area contributed by atoms with Crippen molar-refractivity contribution in [3.05, 3.63) is 39.9 Å². The summed E-state index contributed by atoms with van der Waals surface area (Å²) in [5.74, 6) is -0.700. The first-order valence-electron chi connectivity index (χ1n) is 4.70. The molecule has 1 atom stereocenters. The number of ether oxygens (including phenoxy) is 1. The molecule has 17 heavy (non-hydrogen) atoms. The fraction of sp³-hybridized carbons (Fsp3) is 0.300. The molecule has 92 valence electrons. The molecular weight excluding hydrogens is 250 g/mol. The van der Waals surface area contributed by atoms with Gasteiger partial charge in [0, 0.05) is 12.1 Å². The number of carbonyl (C=O) groups is 1. The third-order valence-corrected chi connectivity index (χ3v) is 2.31. The Kier molecular flexibility index (Phi) is 4.86. The number of non-ortho nitro benzene ring substituents is 1. The van der Waals surface area contributed by atoms with Gasteiger partial charge in [0.2, 0.25) is 0 Å². The Balaban J connectivity index is 2.73. The number of hydrogen-bond donors (Lipinski definition) is 1. The van der Waals surface area contributed by atoms with Crippen molar-refractivity contribution < 1.29 is 19.6 Å². The van der Waals surface area contributed by atoms with E-state index in [1.165, 1.54) is 24.3 Å². The van der Waals surface area contributed by atoms with Crippen LogP contribution < -0.4 is 0 Å². The summed E-state index contributed by atoms with van der Waals surface area (Å²) in [5.41, 5.74) is 0.0526. The Labute approximate surface area is 102 Å². The van der Waals surface area contributed by atoms with Gasteiger partial charge in [-0.2, -0.15) is 0 Å². The van der Waals surface area contributed by atoms with Crippen LogP contribution in [0.2, 0.25) is 0 Å². The number of aliphatic hydroxyl groups excluding tert-OH is 1. The van der Waals surface area contributed by atoms with Gasteiger partial charge >= 0.3 is 5.97 Å². The van der Waals surface area contributed by atoms with E-state index in [2.05, 4.69) is 0 Å². The summed E-state index contributed by atoms with van der Waals surface area (Å²) >= 11 is 5.44. The maximum absolute atomic E-state index is 11.5. The lowest BCUT2D eigenvalue weighted by Crippen LogP contribution is -2.23. The van der Waals surface area contributed by atoms with Gasteiger partial charge in [-0.1, -0.05) is 0 Å². The molecule has 0 aliphatic heterocycles. The molecule has 1 N–H and O–H groups in total. The first-order chi connectivity index (χ1) is 8.08. The van der Waals surface area contributed by atoms with Crippen molar-refractivity contribution in [1.29, 1.82) is 0 Å². The number of nitrogens with zero attached hydrogens (tertiary/aromatic N) is 1. The summed E-state index contributed by atoms with van der Waals surface area (Å²) in [6, 6.07) is 4.96. The molecule has 1 aromatic rings. The van der Waals surface area contributed by atoms with Gasteiger partial charge in [0.25, 0.3) is 5.69 Å². The van der Waals surface area contributed by atoms with E-state index in [9.17, 15) is 14.9 Å². The average Bonchev–Trinajstić information content (AvgIpc) is 2.35. The topological polar surface area (TPSA) is 89.7 Å². The average molecular weight is 260 g/mol. The minimum absolute atomic E-state index is 0.0186. The molecule has 0 aromatic heterocycles. The van der Waals surface area contributed by atoms with Crippen LogP contribution in [0.15, 0.2) is 24.3 Å². The van der Waals surface area contributed by atoms with Crippen LogP contribution in [0.1, 0.15) is 10.4 Å². The van der Waals surface area contributed by atoms with E-state index >= 15 is 0 Å². The summed E-state index contributed by atoms with van der Waals surface area (Å²) < 4.78 is 4.84. The van der Waals surface area contributed by atoms with Crippen molar-refractivity contribution in [2.24, 2.45) is 0 Å². The number of benzene rings is 1. The summed E-state index contributed by atoms with van der Waals surface area (Å²) in [6.45, 7) is -0.373. The highest BCUT2D eigenvalue weighted by Crippen LogP contribution is 2.13.